The van der Waals surface area contributed by atoms with Crippen molar-refractivity contribution in [3.63, 3.8) is 0 Å². The maximum atomic E-state index is 13.3. The van der Waals surface area contributed by atoms with E-state index in [1.807, 2.05) is 0 Å². The Bertz CT molecular complexity index is 656. The molecule has 0 heterocycles. The molecule has 2 aromatic rings. The van der Waals surface area contributed by atoms with Crippen molar-refractivity contribution < 1.29 is 27.1 Å². The number of hydrogen-bond donors (Lipinski definition) is 0. The summed E-state index contributed by atoms with van der Waals surface area (Å²) >= 11 is 0. The molecule has 0 unspecified atom stereocenters. The van der Waals surface area contributed by atoms with Crippen molar-refractivity contribution >= 4 is 5.78 Å². The minimum Gasteiger partial charge on any atom is -0.482 e. The van der Waals surface area contributed by atoms with Gasteiger partial charge in [-0.15, -0.1) is 0 Å². The number of carbonyl (C=O) groups is 1. The molecule has 0 aliphatic heterocycles. The second-order valence-corrected chi connectivity index (χ2v) is 3.91. The number of carbonyl (C=O) groups excluding carboxylic acids is 1. The molecule has 0 amide bonds. The highest BCUT2D eigenvalue weighted by Crippen LogP contribution is 2.18. The molecule has 2 nitrogen and oxygen atoms in total. The molecule has 104 valence electrons. The molecule has 0 aliphatic rings. The number of benzene rings is 2. The number of ketones is 1. The van der Waals surface area contributed by atoms with Gasteiger partial charge in [0.25, 0.3) is 0 Å². The Balaban J connectivity index is 2.08. The van der Waals surface area contributed by atoms with Crippen LogP contribution in [0.25, 0.3) is 0 Å². The summed E-state index contributed by atoms with van der Waals surface area (Å²) in [6.45, 7) is -0.648. The molecule has 2 aromatic carbocycles. The third kappa shape index (κ3) is 3.14. The molecule has 0 N–H and O–H groups in total. The number of rotatable bonds is 4. The first kappa shape index (κ1) is 14.0. The Labute approximate surface area is 111 Å². The van der Waals surface area contributed by atoms with Crippen molar-refractivity contribution in [1.29, 1.82) is 0 Å². The smallest absolute Gasteiger partial charge is 0.203 e. The Kier molecular flexibility index (Phi) is 4.02. The molecule has 0 bridgehead atoms. The van der Waals surface area contributed by atoms with E-state index in [1.165, 1.54) is 0 Å². The first-order valence-corrected chi connectivity index (χ1v) is 5.53. The van der Waals surface area contributed by atoms with Gasteiger partial charge in [0.15, 0.2) is 18.2 Å². The summed E-state index contributed by atoms with van der Waals surface area (Å²) in [7, 11) is 0. The number of Topliss-reactive ketones (excluding diaryl/α,β-unsaturated/α-hetero) is 1. The summed E-state index contributed by atoms with van der Waals surface area (Å²) in [6.07, 6.45) is 0. The maximum Gasteiger partial charge on any atom is 0.203 e. The van der Waals surface area contributed by atoms with Crippen LogP contribution in [0.4, 0.5) is 17.6 Å². The molecular formula is C14H8F4O2. The molecule has 0 radical (unpaired) electrons. The van der Waals surface area contributed by atoms with Gasteiger partial charge in [0.1, 0.15) is 17.5 Å². The van der Waals surface area contributed by atoms with Crippen LogP contribution < -0.4 is 4.74 Å². The van der Waals surface area contributed by atoms with Crippen LogP contribution in [0.2, 0.25) is 0 Å². The molecule has 0 aliphatic carbocycles. The van der Waals surface area contributed by atoms with Crippen LogP contribution in [0.5, 0.6) is 5.75 Å². The highest BCUT2D eigenvalue weighted by molar-refractivity contribution is 5.97. The van der Waals surface area contributed by atoms with Gasteiger partial charge in [-0.3, -0.25) is 4.79 Å². The highest BCUT2D eigenvalue weighted by Gasteiger charge is 2.14. The van der Waals surface area contributed by atoms with Crippen LogP contribution in [-0.4, -0.2) is 12.4 Å². The Hall–Kier alpha value is -2.37. The average Bonchev–Trinajstić information content (AvgIpc) is 2.37. The lowest BCUT2D eigenvalue weighted by atomic mass is 10.1. The third-order valence-electron chi connectivity index (χ3n) is 2.48. The average molecular weight is 284 g/mol. The monoisotopic (exact) mass is 284 g/mol. The Morgan fingerprint density at radius 1 is 0.900 bits per heavy atom. The summed E-state index contributed by atoms with van der Waals surface area (Å²) in [5, 5.41) is 0. The second-order valence-electron chi connectivity index (χ2n) is 3.91. The van der Waals surface area contributed by atoms with E-state index < -0.39 is 35.7 Å². The van der Waals surface area contributed by atoms with Crippen molar-refractivity contribution in [2.24, 2.45) is 0 Å². The van der Waals surface area contributed by atoms with E-state index in [4.69, 9.17) is 4.74 Å². The maximum absolute atomic E-state index is 13.3. The van der Waals surface area contributed by atoms with Crippen LogP contribution in [0.3, 0.4) is 0 Å². The Morgan fingerprint density at radius 3 is 2.10 bits per heavy atom. The fourth-order valence-corrected chi connectivity index (χ4v) is 1.53. The largest absolute Gasteiger partial charge is 0.482 e. The second kappa shape index (κ2) is 5.73. The third-order valence-corrected chi connectivity index (χ3v) is 2.48. The van der Waals surface area contributed by atoms with Crippen molar-refractivity contribution in [2.75, 3.05) is 6.61 Å². The quantitative estimate of drug-likeness (QED) is 0.634. The number of halogens is 4. The van der Waals surface area contributed by atoms with E-state index in [0.29, 0.717) is 12.1 Å². The first-order valence-electron chi connectivity index (χ1n) is 5.53. The van der Waals surface area contributed by atoms with Crippen LogP contribution in [0, 0.1) is 23.3 Å². The van der Waals surface area contributed by atoms with Crippen LogP contribution in [0.15, 0.2) is 36.4 Å². The summed E-state index contributed by atoms with van der Waals surface area (Å²) in [4.78, 5) is 11.6. The molecule has 0 atom stereocenters. The van der Waals surface area contributed by atoms with E-state index in [9.17, 15) is 22.4 Å². The SMILES string of the molecule is O=C(COc1ccc(F)cc1F)c1ccc(F)cc1F. The first-order chi connectivity index (χ1) is 9.47. The molecule has 0 saturated heterocycles. The van der Waals surface area contributed by atoms with Gasteiger partial charge < -0.3 is 4.74 Å². The number of hydrogen-bond acceptors (Lipinski definition) is 2. The van der Waals surface area contributed by atoms with Crippen molar-refractivity contribution in [2.45, 2.75) is 0 Å². The van der Waals surface area contributed by atoms with Crippen molar-refractivity contribution in [1.82, 2.24) is 0 Å². The van der Waals surface area contributed by atoms with E-state index in [1.54, 1.807) is 0 Å². The van der Waals surface area contributed by atoms with Gasteiger partial charge in [0, 0.05) is 12.1 Å². The van der Waals surface area contributed by atoms with E-state index >= 15 is 0 Å². The van der Waals surface area contributed by atoms with Gasteiger partial charge in [0.05, 0.1) is 5.56 Å². The zero-order valence-corrected chi connectivity index (χ0v) is 10.00. The molecule has 0 spiro atoms. The molecular weight excluding hydrogens is 276 g/mol. The lowest BCUT2D eigenvalue weighted by Gasteiger charge is -2.07. The van der Waals surface area contributed by atoms with Gasteiger partial charge in [0.2, 0.25) is 5.78 Å². The Morgan fingerprint density at radius 2 is 1.50 bits per heavy atom. The predicted octanol–water partition coefficient (Wildman–Crippen LogP) is 3.50. The molecule has 0 fully saturated rings. The fraction of sp³-hybridized carbons (Fsp3) is 0.0714. The lowest BCUT2D eigenvalue weighted by Crippen LogP contribution is -2.14. The topological polar surface area (TPSA) is 26.3 Å². The zero-order chi connectivity index (χ0) is 14.7. The van der Waals surface area contributed by atoms with E-state index in [2.05, 4.69) is 0 Å². The fourth-order valence-electron chi connectivity index (χ4n) is 1.53. The highest BCUT2D eigenvalue weighted by atomic mass is 19.1. The predicted molar refractivity (Wildman–Crippen MR) is 62.5 cm³/mol. The number of ether oxygens (including phenoxy) is 1. The van der Waals surface area contributed by atoms with Crippen LogP contribution >= 0.6 is 0 Å². The molecule has 20 heavy (non-hydrogen) atoms. The molecule has 0 aromatic heterocycles. The van der Waals surface area contributed by atoms with Crippen LogP contribution in [-0.2, 0) is 0 Å². The molecule has 0 saturated carbocycles. The minimum atomic E-state index is -1.03. The summed E-state index contributed by atoms with van der Waals surface area (Å²) in [5.74, 6) is -4.72. The van der Waals surface area contributed by atoms with Gasteiger partial charge in [-0.05, 0) is 24.3 Å². The van der Waals surface area contributed by atoms with E-state index in [0.717, 1.165) is 24.3 Å². The van der Waals surface area contributed by atoms with Crippen molar-refractivity contribution in [3.05, 3.63) is 65.2 Å². The summed E-state index contributed by atoms with van der Waals surface area (Å²) in [6, 6.07) is 5.02. The lowest BCUT2D eigenvalue weighted by molar-refractivity contribution is 0.0914. The summed E-state index contributed by atoms with van der Waals surface area (Å²) in [5.41, 5.74) is -0.367. The van der Waals surface area contributed by atoms with E-state index in [-0.39, 0.29) is 11.3 Å². The van der Waals surface area contributed by atoms with Gasteiger partial charge in [-0.1, -0.05) is 0 Å². The zero-order valence-electron chi connectivity index (χ0n) is 10.00. The summed E-state index contributed by atoms with van der Waals surface area (Å²) < 4.78 is 56.7. The van der Waals surface area contributed by atoms with Gasteiger partial charge in [-0.2, -0.15) is 0 Å². The molecule has 2 rings (SSSR count). The van der Waals surface area contributed by atoms with Gasteiger partial charge >= 0.3 is 0 Å². The minimum absolute atomic E-state index is 0.331. The molecule has 6 heteroatoms. The van der Waals surface area contributed by atoms with Crippen LogP contribution in [0.1, 0.15) is 10.4 Å². The van der Waals surface area contributed by atoms with Crippen molar-refractivity contribution in [3.8, 4) is 5.75 Å². The standard InChI is InChI=1S/C14H8F4O2/c15-8-1-3-10(11(17)5-8)13(19)7-20-14-4-2-9(16)6-12(14)18/h1-6H,7H2. The normalized spacial score (nSPS) is 10.4. The van der Waals surface area contributed by atoms with Gasteiger partial charge in [-0.25, -0.2) is 17.6 Å².